The van der Waals surface area contributed by atoms with Crippen LogP contribution < -0.4 is 0 Å². The first kappa shape index (κ1) is 15.8. The van der Waals surface area contributed by atoms with Crippen molar-refractivity contribution in [2.24, 2.45) is 0 Å². The SMILES string of the molecule is N#CCCCCc1ccc(CC(=O)Cc2ccccc2)nn1. The van der Waals surface area contributed by atoms with Gasteiger partial charge < -0.3 is 0 Å². The summed E-state index contributed by atoms with van der Waals surface area (Å²) in [6, 6.07) is 15.6. The van der Waals surface area contributed by atoms with Crippen LogP contribution in [0.1, 0.15) is 36.2 Å². The number of hydrogen-bond acceptors (Lipinski definition) is 4. The maximum Gasteiger partial charge on any atom is 0.143 e. The minimum absolute atomic E-state index is 0.141. The fourth-order valence-corrected chi connectivity index (χ4v) is 2.21. The number of rotatable bonds is 8. The number of benzene rings is 1. The van der Waals surface area contributed by atoms with Crippen LogP contribution in [0.25, 0.3) is 0 Å². The number of unbranched alkanes of at least 4 members (excludes halogenated alkanes) is 2. The van der Waals surface area contributed by atoms with Gasteiger partial charge in [-0.15, -0.1) is 0 Å². The highest BCUT2D eigenvalue weighted by Gasteiger charge is 2.07. The minimum atomic E-state index is 0.141. The third kappa shape index (κ3) is 5.45. The first-order valence-corrected chi connectivity index (χ1v) is 7.52. The largest absolute Gasteiger partial charge is 0.299 e. The van der Waals surface area contributed by atoms with Crippen molar-refractivity contribution in [1.82, 2.24) is 10.2 Å². The molecule has 1 heterocycles. The molecule has 2 rings (SSSR count). The van der Waals surface area contributed by atoms with E-state index >= 15 is 0 Å². The van der Waals surface area contributed by atoms with E-state index in [4.69, 9.17) is 5.26 Å². The summed E-state index contributed by atoms with van der Waals surface area (Å²) in [6.45, 7) is 0. The summed E-state index contributed by atoms with van der Waals surface area (Å²) in [4.78, 5) is 12.0. The van der Waals surface area contributed by atoms with E-state index < -0.39 is 0 Å². The molecule has 0 atom stereocenters. The van der Waals surface area contributed by atoms with Crippen LogP contribution in [0.4, 0.5) is 0 Å². The molecule has 1 aromatic heterocycles. The van der Waals surface area contributed by atoms with E-state index in [9.17, 15) is 4.79 Å². The highest BCUT2D eigenvalue weighted by Crippen LogP contribution is 2.06. The molecule has 0 radical (unpaired) electrons. The summed E-state index contributed by atoms with van der Waals surface area (Å²) in [5.74, 6) is 0.141. The van der Waals surface area contributed by atoms with E-state index in [1.165, 1.54) is 0 Å². The Hall–Kier alpha value is -2.54. The van der Waals surface area contributed by atoms with Gasteiger partial charge in [0, 0.05) is 12.8 Å². The lowest BCUT2D eigenvalue weighted by atomic mass is 10.1. The molecule has 0 N–H and O–H groups in total. The smallest absolute Gasteiger partial charge is 0.143 e. The molecule has 0 amide bonds. The van der Waals surface area contributed by atoms with Crippen LogP contribution >= 0.6 is 0 Å². The van der Waals surface area contributed by atoms with Gasteiger partial charge in [-0.1, -0.05) is 30.3 Å². The first-order valence-electron chi connectivity index (χ1n) is 7.52. The van der Waals surface area contributed by atoms with E-state index in [2.05, 4.69) is 16.3 Å². The molecule has 112 valence electrons. The predicted octanol–water partition coefficient (Wildman–Crippen LogP) is 3.07. The Labute approximate surface area is 130 Å². The fraction of sp³-hybridized carbons (Fsp3) is 0.333. The third-order valence-electron chi connectivity index (χ3n) is 3.37. The Balaban J connectivity index is 1.81. The molecule has 0 unspecified atom stereocenters. The molecule has 0 aliphatic carbocycles. The zero-order valence-electron chi connectivity index (χ0n) is 12.5. The van der Waals surface area contributed by atoms with E-state index in [0.29, 0.717) is 25.0 Å². The van der Waals surface area contributed by atoms with Gasteiger partial charge in [0.25, 0.3) is 0 Å². The molecule has 0 saturated heterocycles. The monoisotopic (exact) mass is 293 g/mol. The summed E-state index contributed by atoms with van der Waals surface area (Å²) in [7, 11) is 0. The van der Waals surface area contributed by atoms with Crippen molar-refractivity contribution in [2.75, 3.05) is 0 Å². The van der Waals surface area contributed by atoms with Crippen molar-refractivity contribution >= 4 is 5.78 Å². The lowest BCUT2D eigenvalue weighted by Crippen LogP contribution is -2.09. The maximum absolute atomic E-state index is 12.0. The number of aromatic nitrogens is 2. The van der Waals surface area contributed by atoms with Gasteiger partial charge in [0.05, 0.1) is 23.9 Å². The Morgan fingerprint density at radius 3 is 2.36 bits per heavy atom. The average Bonchev–Trinajstić information content (AvgIpc) is 2.54. The summed E-state index contributed by atoms with van der Waals surface area (Å²) in [5.41, 5.74) is 2.65. The van der Waals surface area contributed by atoms with Crippen molar-refractivity contribution < 1.29 is 4.79 Å². The fourth-order valence-electron chi connectivity index (χ4n) is 2.21. The first-order chi connectivity index (χ1) is 10.8. The zero-order valence-corrected chi connectivity index (χ0v) is 12.5. The molecule has 4 heteroatoms. The van der Waals surface area contributed by atoms with Crippen LogP contribution in [0, 0.1) is 11.3 Å². The van der Waals surface area contributed by atoms with Crippen molar-refractivity contribution in [3.8, 4) is 6.07 Å². The molecule has 2 aromatic rings. The molecule has 0 spiro atoms. The van der Waals surface area contributed by atoms with Gasteiger partial charge in [0.2, 0.25) is 0 Å². The number of carbonyl (C=O) groups excluding carboxylic acids is 1. The third-order valence-corrected chi connectivity index (χ3v) is 3.37. The van der Waals surface area contributed by atoms with E-state index in [-0.39, 0.29) is 5.78 Å². The van der Waals surface area contributed by atoms with Crippen molar-refractivity contribution in [2.45, 2.75) is 38.5 Å². The van der Waals surface area contributed by atoms with E-state index in [0.717, 1.165) is 30.5 Å². The van der Waals surface area contributed by atoms with Crippen LogP contribution in [0.15, 0.2) is 42.5 Å². The van der Waals surface area contributed by atoms with E-state index in [1.807, 2.05) is 42.5 Å². The number of ketones is 1. The molecular weight excluding hydrogens is 274 g/mol. The Morgan fingerprint density at radius 1 is 0.955 bits per heavy atom. The molecule has 0 aliphatic rings. The van der Waals surface area contributed by atoms with Crippen LogP contribution in [-0.2, 0) is 24.1 Å². The molecule has 0 fully saturated rings. The minimum Gasteiger partial charge on any atom is -0.299 e. The Bertz CT molecular complexity index is 630. The van der Waals surface area contributed by atoms with Gasteiger partial charge in [-0.2, -0.15) is 15.5 Å². The van der Waals surface area contributed by atoms with Crippen LogP contribution in [0.2, 0.25) is 0 Å². The summed E-state index contributed by atoms with van der Waals surface area (Å²) in [6.07, 6.45) is 3.98. The lowest BCUT2D eigenvalue weighted by Gasteiger charge is -2.02. The molecule has 1 aromatic carbocycles. The van der Waals surface area contributed by atoms with Crippen LogP contribution in [0.3, 0.4) is 0 Å². The number of nitrogens with zero attached hydrogens (tertiary/aromatic N) is 3. The molecule has 0 aliphatic heterocycles. The Morgan fingerprint density at radius 2 is 1.68 bits per heavy atom. The molecule has 0 bridgehead atoms. The number of nitriles is 1. The van der Waals surface area contributed by atoms with Gasteiger partial charge in [0.1, 0.15) is 5.78 Å². The Kier molecular flexibility index (Phi) is 6.25. The number of hydrogen-bond donors (Lipinski definition) is 0. The van der Waals surface area contributed by atoms with Gasteiger partial charge >= 0.3 is 0 Å². The van der Waals surface area contributed by atoms with Gasteiger partial charge in [0.15, 0.2) is 0 Å². The second-order valence-electron chi connectivity index (χ2n) is 5.26. The molecular formula is C18H19N3O. The summed E-state index contributed by atoms with van der Waals surface area (Å²) >= 11 is 0. The second-order valence-corrected chi connectivity index (χ2v) is 5.26. The lowest BCUT2D eigenvalue weighted by molar-refractivity contribution is -0.117. The number of carbonyl (C=O) groups is 1. The average molecular weight is 293 g/mol. The van der Waals surface area contributed by atoms with Crippen LogP contribution in [0.5, 0.6) is 0 Å². The highest BCUT2D eigenvalue weighted by atomic mass is 16.1. The topological polar surface area (TPSA) is 66.6 Å². The predicted molar refractivity (Wildman–Crippen MR) is 84.1 cm³/mol. The maximum atomic E-state index is 12.0. The molecule has 4 nitrogen and oxygen atoms in total. The van der Waals surface area contributed by atoms with Gasteiger partial charge in [-0.05, 0) is 37.0 Å². The van der Waals surface area contributed by atoms with Crippen LogP contribution in [-0.4, -0.2) is 16.0 Å². The van der Waals surface area contributed by atoms with Crippen molar-refractivity contribution in [3.05, 3.63) is 59.4 Å². The highest BCUT2D eigenvalue weighted by molar-refractivity contribution is 5.82. The van der Waals surface area contributed by atoms with Crippen molar-refractivity contribution in [3.63, 3.8) is 0 Å². The number of aryl methyl sites for hydroxylation is 1. The zero-order chi connectivity index (χ0) is 15.6. The summed E-state index contributed by atoms with van der Waals surface area (Å²) < 4.78 is 0. The summed E-state index contributed by atoms with van der Waals surface area (Å²) in [5, 5.41) is 16.8. The van der Waals surface area contributed by atoms with Crippen molar-refractivity contribution in [1.29, 1.82) is 5.26 Å². The molecule has 0 saturated carbocycles. The number of Topliss-reactive ketones (excluding diaryl/α,β-unsaturated/α-hetero) is 1. The standard InChI is InChI=1S/C18H19N3O/c19-12-6-2-5-9-16-10-11-17(21-20-16)14-18(22)13-15-7-3-1-4-8-15/h1,3-4,7-8,10-11H,2,5-6,9,13-14H2. The molecule has 22 heavy (non-hydrogen) atoms. The quantitative estimate of drug-likeness (QED) is 0.701. The normalized spacial score (nSPS) is 10.1. The van der Waals surface area contributed by atoms with E-state index in [1.54, 1.807) is 0 Å². The van der Waals surface area contributed by atoms with Gasteiger partial charge in [-0.25, -0.2) is 0 Å². The van der Waals surface area contributed by atoms with Gasteiger partial charge in [-0.3, -0.25) is 4.79 Å². The second kappa shape index (κ2) is 8.68.